The number of carbonyl (C=O) groups is 2. The number of rotatable bonds is 7. The Morgan fingerprint density at radius 2 is 1.59 bits per heavy atom. The summed E-state index contributed by atoms with van der Waals surface area (Å²) in [5.74, 6) is -1.77. The van der Waals surface area contributed by atoms with Crippen molar-refractivity contribution in [3.8, 4) is 11.1 Å². The maximum Gasteiger partial charge on any atom is 0.407 e. The van der Waals surface area contributed by atoms with Crippen molar-refractivity contribution in [2.24, 2.45) is 0 Å². The van der Waals surface area contributed by atoms with E-state index >= 15 is 0 Å². The molecule has 0 fully saturated rings. The van der Waals surface area contributed by atoms with Crippen LogP contribution < -0.4 is 5.32 Å². The molecule has 2 aromatic carbocycles. The van der Waals surface area contributed by atoms with Crippen molar-refractivity contribution in [2.75, 3.05) is 6.61 Å². The summed E-state index contributed by atoms with van der Waals surface area (Å²) in [5.41, 5.74) is 4.05. The second kappa shape index (κ2) is 8.19. The van der Waals surface area contributed by atoms with E-state index < -0.39 is 34.6 Å². The van der Waals surface area contributed by atoms with Crippen molar-refractivity contribution in [3.05, 3.63) is 59.7 Å². The molecule has 3 N–H and O–H groups in total. The number of alkyl carbamates (subject to hydrolysis) is 1. The molecular formula is C19H19NO8S. The van der Waals surface area contributed by atoms with Crippen LogP contribution in [-0.4, -0.2) is 48.9 Å². The fourth-order valence-electron chi connectivity index (χ4n) is 3.39. The molecule has 0 heterocycles. The molecule has 0 bridgehead atoms. The van der Waals surface area contributed by atoms with Gasteiger partial charge in [0.15, 0.2) is 6.04 Å². The van der Waals surface area contributed by atoms with Gasteiger partial charge in [-0.25, -0.2) is 13.8 Å². The Hall–Kier alpha value is -2.95. The first-order valence-corrected chi connectivity index (χ1v) is 10.0. The second-order valence-electron chi connectivity index (χ2n) is 6.51. The Labute approximate surface area is 167 Å². The van der Waals surface area contributed by atoms with Gasteiger partial charge >= 0.3 is 22.5 Å². The molecule has 0 aromatic heterocycles. The smallest absolute Gasteiger partial charge is 0.407 e. The molecule has 1 amide bonds. The van der Waals surface area contributed by atoms with Crippen LogP contribution in [0, 0.1) is 0 Å². The number of amides is 1. The minimum Gasteiger partial charge on any atom is -0.480 e. The van der Waals surface area contributed by atoms with Crippen molar-refractivity contribution >= 4 is 22.5 Å². The molecule has 3 rings (SSSR count). The number of carboxylic acid groups (broad SMARTS) is 1. The SMILES string of the molecule is CC(OS(=O)(=O)O)C(NC(=O)OCC1c2ccccc2-c2ccccc21)C(=O)O. The lowest BCUT2D eigenvalue weighted by Gasteiger charge is -2.20. The van der Waals surface area contributed by atoms with Crippen LogP contribution in [0.4, 0.5) is 4.79 Å². The minimum atomic E-state index is -4.89. The molecule has 0 aliphatic heterocycles. The second-order valence-corrected chi connectivity index (χ2v) is 7.56. The Morgan fingerprint density at radius 1 is 1.07 bits per heavy atom. The van der Waals surface area contributed by atoms with Gasteiger partial charge in [0.25, 0.3) is 0 Å². The number of aliphatic carboxylic acids is 1. The number of ether oxygens (including phenoxy) is 1. The predicted octanol–water partition coefficient (Wildman–Crippen LogP) is 2.19. The zero-order valence-electron chi connectivity index (χ0n) is 15.3. The summed E-state index contributed by atoms with van der Waals surface area (Å²) in [6, 6.07) is 13.7. The van der Waals surface area contributed by atoms with Crippen LogP contribution >= 0.6 is 0 Å². The molecule has 9 nitrogen and oxygen atoms in total. The number of nitrogens with one attached hydrogen (secondary N) is 1. The van der Waals surface area contributed by atoms with Gasteiger partial charge in [0.2, 0.25) is 0 Å². The van der Waals surface area contributed by atoms with Gasteiger partial charge in [-0.05, 0) is 29.2 Å². The molecule has 2 aromatic rings. The lowest BCUT2D eigenvalue weighted by molar-refractivity contribution is -0.141. The number of benzene rings is 2. The topological polar surface area (TPSA) is 139 Å². The number of carboxylic acids is 1. The summed E-state index contributed by atoms with van der Waals surface area (Å²) in [6.45, 7) is 1.04. The lowest BCUT2D eigenvalue weighted by atomic mass is 9.98. The number of carbonyl (C=O) groups excluding carboxylic acids is 1. The highest BCUT2D eigenvalue weighted by atomic mass is 32.3. The maximum absolute atomic E-state index is 12.1. The molecular weight excluding hydrogens is 402 g/mol. The van der Waals surface area contributed by atoms with E-state index in [0.29, 0.717) is 0 Å². The molecule has 29 heavy (non-hydrogen) atoms. The molecule has 0 saturated heterocycles. The summed E-state index contributed by atoms with van der Waals surface area (Å²) in [6.07, 6.45) is -2.60. The summed E-state index contributed by atoms with van der Waals surface area (Å²) in [7, 11) is -4.89. The van der Waals surface area contributed by atoms with Crippen molar-refractivity contribution in [1.82, 2.24) is 5.32 Å². The third-order valence-electron chi connectivity index (χ3n) is 4.63. The van der Waals surface area contributed by atoms with Crippen LogP contribution in [0.15, 0.2) is 48.5 Å². The van der Waals surface area contributed by atoms with Gasteiger partial charge in [-0.1, -0.05) is 48.5 Å². The van der Waals surface area contributed by atoms with Crippen molar-refractivity contribution in [2.45, 2.75) is 25.0 Å². The molecule has 1 aliphatic rings. The average Bonchev–Trinajstić information content (AvgIpc) is 2.96. The highest BCUT2D eigenvalue weighted by molar-refractivity contribution is 7.80. The lowest BCUT2D eigenvalue weighted by Crippen LogP contribution is -2.49. The van der Waals surface area contributed by atoms with Crippen LogP contribution in [0.1, 0.15) is 24.0 Å². The van der Waals surface area contributed by atoms with E-state index in [-0.39, 0.29) is 12.5 Å². The zero-order chi connectivity index (χ0) is 21.2. The molecule has 2 atom stereocenters. The minimum absolute atomic E-state index is 0.0419. The Kier molecular flexibility index (Phi) is 5.87. The molecule has 0 spiro atoms. The highest BCUT2D eigenvalue weighted by Crippen LogP contribution is 2.44. The quantitative estimate of drug-likeness (QED) is 0.578. The van der Waals surface area contributed by atoms with E-state index in [1.165, 1.54) is 0 Å². The maximum atomic E-state index is 12.1. The summed E-state index contributed by atoms with van der Waals surface area (Å²) >= 11 is 0. The number of fused-ring (bicyclic) bond motifs is 3. The van der Waals surface area contributed by atoms with Crippen LogP contribution in [0.5, 0.6) is 0 Å². The van der Waals surface area contributed by atoms with Gasteiger partial charge in [-0.3, -0.25) is 4.55 Å². The van der Waals surface area contributed by atoms with Gasteiger partial charge in [0.1, 0.15) is 12.7 Å². The van der Waals surface area contributed by atoms with Crippen LogP contribution in [0.3, 0.4) is 0 Å². The van der Waals surface area contributed by atoms with Gasteiger partial charge in [0, 0.05) is 5.92 Å². The largest absolute Gasteiger partial charge is 0.480 e. The van der Waals surface area contributed by atoms with Gasteiger partial charge in [-0.15, -0.1) is 0 Å². The molecule has 154 valence electrons. The third-order valence-corrected chi connectivity index (χ3v) is 5.17. The average molecular weight is 421 g/mol. The molecule has 0 saturated carbocycles. The van der Waals surface area contributed by atoms with E-state index in [2.05, 4.69) is 4.18 Å². The van der Waals surface area contributed by atoms with E-state index in [9.17, 15) is 23.1 Å². The number of hydrogen-bond donors (Lipinski definition) is 3. The highest BCUT2D eigenvalue weighted by Gasteiger charge is 2.33. The van der Waals surface area contributed by atoms with E-state index in [1.54, 1.807) is 0 Å². The van der Waals surface area contributed by atoms with E-state index in [1.807, 2.05) is 53.8 Å². The van der Waals surface area contributed by atoms with Crippen molar-refractivity contribution < 1.29 is 36.6 Å². The Balaban J connectivity index is 1.70. The Bertz CT molecular complexity index is 991. The van der Waals surface area contributed by atoms with Gasteiger partial charge < -0.3 is 15.2 Å². The van der Waals surface area contributed by atoms with Gasteiger partial charge in [0.05, 0.1) is 0 Å². The molecule has 0 radical (unpaired) electrons. The molecule has 2 unspecified atom stereocenters. The van der Waals surface area contributed by atoms with E-state index in [0.717, 1.165) is 29.2 Å². The first-order valence-electron chi connectivity index (χ1n) is 8.67. The fraction of sp³-hybridized carbons (Fsp3) is 0.263. The first-order chi connectivity index (χ1) is 13.7. The first kappa shape index (κ1) is 20.8. The van der Waals surface area contributed by atoms with E-state index in [4.69, 9.17) is 9.29 Å². The summed E-state index contributed by atoms with van der Waals surface area (Å²) in [4.78, 5) is 23.5. The van der Waals surface area contributed by atoms with Crippen molar-refractivity contribution in [3.63, 3.8) is 0 Å². The Morgan fingerprint density at radius 3 is 2.07 bits per heavy atom. The fourth-order valence-corrected chi connectivity index (χ4v) is 3.89. The number of hydrogen-bond acceptors (Lipinski definition) is 6. The third kappa shape index (κ3) is 4.73. The monoisotopic (exact) mass is 421 g/mol. The van der Waals surface area contributed by atoms with Crippen molar-refractivity contribution in [1.29, 1.82) is 0 Å². The van der Waals surface area contributed by atoms with Crippen LogP contribution in [0.25, 0.3) is 11.1 Å². The molecule has 10 heteroatoms. The zero-order valence-corrected chi connectivity index (χ0v) is 16.1. The molecule has 1 aliphatic carbocycles. The van der Waals surface area contributed by atoms with Crippen LogP contribution in [-0.2, 0) is 24.1 Å². The standard InChI is InChI=1S/C19H19NO8S/c1-11(28-29(24,25)26)17(18(21)22)20-19(23)27-10-16-14-8-4-2-6-12(14)13-7-3-5-9-15(13)16/h2-9,11,16-17H,10H2,1H3,(H,20,23)(H,21,22)(H,24,25,26). The van der Waals surface area contributed by atoms with Gasteiger partial charge in [-0.2, -0.15) is 8.42 Å². The normalized spacial score (nSPS) is 15.1. The summed E-state index contributed by atoms with van der Waals surface area (Å²) < 4.78 is 39.7. The van der Waals surface area contributed by atoms with Crippen LogP contribution in [0.2, 0.25) is 0 Å². The summed E-state index contributed by atoms with van der Waals surface area (Å²) in [5, 5.41) is 11.3. The predicted molar refractivity (Wildman–Crippen MR) is 102 cm³/mol.